The molecule has 0 spiro atoms. The minimum absolute atomic E-state index is 0.101. The fourth-order valence-corrected chi connectivity index (χ4v) is 3.43. The fraction of sp³-hybridized carbons (Fsp3) is 0.417. The van der Waals surface area contributed by atoms with Crippen LogP contribution in [0.15, 0.2) is 54.6 Å². The summed E-state index contributed by atoms with van der Waals surface area (Å²) in [4.78, 5) is 28.7. The van der Waals surface area contributed by atoms with E-state index in [2.05, 4.69) is 10.2 Å². The Bertz CT molecular complexity index is 852. The lowest BCUT2D eigenvalue weighted by Crippen LogP contribution is -2.54. The maximum atomic E-state index is 12.7. The van der Waals surface area contributed by atoms with E-state index in [1.165, 1.54) is 0 Å². The summed E-state index contributed by atoms with van der Waals surface area (Å²) in [5.41, 5.74) is 0.897. The van der Waals surface area contributed by atoms with Gasteiger partial charge in [0.15, 0.2) is 0 Å². The second-order valence-electron chi connectivity index (χ2n) is 7.62. The van der Waals surface area contributed by atoms with Crippen molar-refractivity contribution in [3.8, 4) is 11.5 Å². The average Bonchev–Trinajstić information content (AvgIpc) is 2.84. The molecule has 0 saturated carbocycles. The largest absolute Gasteiger partial charge is 0.497 e. The molecule has 32 heavy (non-hydrogen) atoms. The molecule has 3 rings (SSSR count). The maximum absolute atomic E-state index is 12.7. The Kier molecular flexibility index (Phi) is 8.74. The molecule has 2 amide bonds. The topological polar surface area (TPSA) is 80.3 Å². The summed E-state index contributed by atoms with van der Waals surface area (Å²) < 4.78 is 16.1. The number of carbonyl (C=O) groups is 2. The highest BCUT2D eigenvalue weighted by Crippen LogP contribution is 2.17. The van der Waals surface area contributed by atoms with E-state index in [0.717, 1.165) is 36.7 Å². The first kappa shape index (κ1) is 23.4. The lowest BCUT2D eigenvalue weighted by molar-refractivity contribution is -0.134. The third kappa shape index (κ3) is 7.16. The lowest BCUT2D eigenvalue weighted by Gasteiger charge is -2.35. The van der Waals surface area contributed by atoms with E-state index in [4.69, 9.17) is 14.2 Å². The predicted octanol–water partition coefficient (Wildman–Crippen LogP) is 2.53. The minimum atomic E-state index is -0.636. The van der Waals surface area contributed by atoms with Gasteiger partial charge in [0, 0.05) is 32.7 Å². The zero-order chi connectivity index (χ0) is 22.8. The van der Waals surface area contributed by atoms with Gasteiger partial charge in [-0.25, -0.2) is 4.79 Å². The monoisotopic (exact) mass is 441 g/mol. The van der Waals surface area contributed by atoms with E-state index in [1.54, 1.807) is 18.9 Å². The molecule has 0 bridgehead atoms. The second-order valence-corrected chi connectivity index (χ2v) is 7.62. The molecule has 1 N–H and O–H groups in total. The molecule has 8 nitrogen and oxygen atoms in total. The van der Waals surface area contributed by atoms with Gasteiger partial charge in [0.05, 0.1) is 7.11 Å². The number of hydrogen-bond acceptors (Lipinski definition) is 6. The van der Waals surface area contributed by atoms with Gasteiger partial charge >= 0.3 is 6.09 Å². The Morgan fingerprint density at radius 2 is 1.62 bits per heavy atom. The number of methoxy groups -OCH3 is 1. The standard InChI is InChI=1S/C24H31N3O5/c1-19(25-24(29)32-18-20-6-4-3-5-7-20)23(28)27-14-12-26(13-15-27)16-17-31-22-10-8-21(30-2)9-11-22/h3-11,19H,12-18H2,1-2H3,(H,25,29)/t19-/m1/s1. The number of benzene rings is 2. The molecule has 172 valence electrons. The molecular weight excluding hydrogens is 410 g/mol. The summed E-state index contributed by atoms with van der Waals surface area (Å²) in [5, 5.41) is 2.62. The molecule has 1 aliphatic rings. The van der Waals surface area contributed by atoms with E-state index in [1.807, 2.05) is 54.6 Å². The summed E-state index contributed by atoms with van der Waals surface area (Å²) in [6, 6.07) is 16.3. The Morgan fingerprint density at radius 3 is 2.28 bits per heavy atom. The van der Waals surface area contributed by atoms with Crippen molar-refractivity contribution in [2.24, 2.45) is 0 Å². The Labute approximate surface area is 189 Å². The second kappa shape index (κ2) is 12.0. The molecule has 2 aromatic carbocycles. The Morgan fingerprint density at radius 1 is 0.969 bits per heavy atom. The molecular formula is C24H31N3O5. The van der Waals surface area contributed by atoms with Gasteiger partial charge < -0.3 is 24.4 Å². The van der Waals surface area contributed by atoms with Gasteiger partial charge in [0.25, 0.3) is 0 Å². The first-order chi connectivity index (χ1) is 15.5. The average molecular weight is 442 g/mol. The van der Waals surface area contributed by atoms with Crippen LogP contribution in [0.4, 0.5) is 4.79 Å². The van der Waals surface area contributed by atoms with Gasteiger partial charge in [-0.2, -0.15) is 0 Å². The van der Waals surface area contributed by atoms with Gasteiger partial charge in [0.1, 0.15) is 30.8 Å². The Hall–Kier alpha value is -3.26. The van der Waals surface area contributed by atoms with Gasteiger partial charge in [-0.1, -0.05) is 30.3 Å². The van der Waals surface area contributed by atoms with Gasteiger partial charge in [0.2, 0.25) is 5.91 Å². The quantitative estimate of drug-likeness (QED) is 0.644. The molecule has 1 fully saturated rings. The maximum Gasteiger partial charge on any atom is 0.408 e. The number of nitrogens with zero attached hydrogens (tertiary/aromatic N) is 2. The first-order valence-electron chi connectivity index (χ1n) is 10.8. The van der Waals surface area contributed by atoms with Crippen molar-refractivity contribution in [3.63, 3.8) is 0 Å². The van der Waals surface area contributed by atoms with E-state index in [9.17, 15) is 9.59 Å². The van der Waals surface area contributed by atoms with Crippen LogP contribution < -0.4 is 14.8 Å². The van der Waals surface area contributed by atoms with Crippen molar-refractivity contribution >= 4 is 12.0 Å². The van der Waals surface area contributed by atoms with Crippen LogP contribution in [0.25, 0.3) is 0 Å². The summed E-state index contributed by atoms with van der Waals surface area (Å²) >= 11 is 0. The van der Waals surface area contributed by atoms with Crippen molar-refractivity contribution in [2.45, 2.75) is 19.6 Å². The smallest absolute Gasteiger partial charge is 0.408 e. The zero-order valence-corrected chi connectivity index (χ0v) is 18.7. The Balaban J connectivity index is 1.32. The van der Waals surface area contributed by atoms with Crippen LogP contribution >= 0.6 is 0 Å². The third-order valence-electron chi connectivity index (χ3n) is 5.34. The van der Waals surface area contributed by atoms with Crippen molar-refractivity contribution in [1.29, 1.82) is 0 Å². The van der Waals surface area contributed by atoms with Gasteiger partial charge in [-0.3, -0.25) is 9.69 Å². The van der Waals surface area contributed by atoms with Crippen molar-refractivity contribution in [2.75, 3.05) is 46.4 Å². The van der Waals surface area contributed by atoms with E-state index >= 15 is 0 Å². The number of hydrogen-bond donors (Lipinski definition) is 1. The zero-order valence-electron chi connectivity index (χ0n) is 18.7. The number of carbonyl (C=O) groups excluding carboxylic acids is 2. The number of amides is 2. The number of rotatable bonds is 9. The molecule has 0 aromatic heterocycles. The number of nitrogens with one attached hydrogen (secondary N) is 1. The highest BCUT2D eigenvalue weighted by Gasteiger charge is 2.26. The first-order valence-corrected chi connectivity index (χ1v) is 10.8. The van der Waals surface area contributed by atoms with E-state index in [0.29, 0.717) is 19.7 Å². The van der Waals surface area contributed by atoms with Gasteiger partial charge in [-0.05, 0) is 36.8 Å². The summed E-state index contributed by atoms with van der Waals surface area (Å²) in [6.07, 6.45) is -0.594. The minimum Gasteiger partial charge on any atom is -0.497 e. The molecule has 0 unspecified atom stereocenters. The summed E-state index contributed by atoms with van der Waals surface area (Å²) in [6.45, 7) is 5.98. The lowest BCUT2D eigenvalue weighted by atomic mass is 10.2. The highest BCUT2D eigenvalue weighted by atomic mass is 16.5. The SMILES string of the molecule is COc1ccc(OCCN2CCN(C(=O)[C@@H](C)NC(=O)OCc3ccccc3)CC2)cc1. The summed E-state index contributed by atoms with van der Waals surface area (Å²) in [5.74, 6) is 1.50. The molecule has 0 radical (unpaired) electrons. The van der Waals surface area contributed by atoms with Crippen molar-refractivity contribution in [1.82, 2.24) is 15.1 Å². The predicted molar refractivity (Wildman–Crippen MR) is 121 cm³/mol. The van der Waals surface area contributed by atoms with E-state index < -0.39 is 12.1 Å². The van der Waals surface area contributed by atoms with E-state index in [-0.39, 0.29) is 12.5 Å². The third-order valence-corrected chi connectivity index (χ3v) is 5.34. The van der Waals surface area contributed by atoms with Crippen LogP contribution in [0.3, 0.4) is 0 Å². The number of piperazine rings is 1. The molecule has 1 saturated heterocycles. The van der Waals surface area contributed by atoms with Crippen LogP contribution in [0.2, 0.25) is 0 Å². The molecule has 0 aliphatic carbocycles. The highest BCUT2D eigenvalue weighted by molar-refractivity contribution is 5.85. The normalized spacial score (nSPS) is 15.0. The number of ether oxygens (including phenoxy) is 3. The van der Waals surface area contributed by atoms with Crippen molar-refractivity contribution in [3.05, 3.63) is 60.2 Å². The van der Waals surface area contributed by atoms with Crippen LogP contribution in [-0.4, -0.2) is 74.3 Å². The molecule has 1 aliphatic heterocycles. The molecule has 1 atom stereocenters. The van der Waals surface area contributed by atoms with Crippen LogP contribution in [0.1, 0.15) is 12.5 Å². The number of alkyl carbamates (subject to hydrolysis) is 1. The fourth-order valence-electron chi connectivity index (χ4n) is 3.43. The van der Waals surface area contributed by atoms with Crippen LogP contribution in [0.5, 0.6) is 11.5 Å². The van der Waals surface area contributed by atoms with Crippen LogP contribution in [0, 0.1) is 0 Å². The molecule has 2 aromatic rings. The molecule has 8 heteroatoms. The van der Waals surface area contributed by atoms with Gasteiger partial charge in [-0.15, -0.1) is 0 Å². The molecule has 1 heterocycles. The van der Waals surface area contributed by atoms with Crippen LogP contribution in [-0.2, 0) is 16.1 Å². The van der Waals surface area contributed by atoms with Crippen molar-refractivity contribution < 1.29 is 23.8 Å². The summed E-state index contributed by atoms with van der Waals surface area (Å²) in [7, 11) is 1.63.